The molecule has 6 nitrogen and oxygen atoms in total. The Morgan fingerprint density at radius 2 is 1.94 bits per heavy atom. The molecule has 2 aliphatic rings. The molecule has 0 radical (unpaired) electrons. The van der Waals surface area contributed by atoms with Crippen molar-refractivity contribution in [2.75, 3.05) is 33.4 Å². The van der Waals surface area contributed by atoms with Crippen LogP contribution in [0.25, 0.3) is 6.08 Å². The Kier molecular flexibility index (Phi) is 6.67. The number of halogens is 2. The van der Waals surface area contributed by atoms with Crippen LogP contribution < -0.4 is 0 Å². The average Bonchev–Trinajstić information content (AvgIpc) is 3.03. The Labute approximate surface area is 194 Å². The SMILES string of the molecule is CN1C(=O)/C(=C\c2ccc(Cl)cc2Cl)SC1=Nc1cccc(C(=O)N2CCOCC2)c1. The molecule has 0 atom stereocenters. The maximum Gasteiger partial charge on any atom is 0.266 e. The number of carbonyl (C=O) groups is 2. The number of rotatable bonds is 3. The number of hydrogen-bond acceptors (Lipinski definition) is 5. The van der Waals surface area contributed by atoms with Crippen molar-refractivity contribution in [2.45, 2.75) is 0 Å². The zero-order valence-electron chi connectivity index (χ0n) is 16.7. The number of benzene rings is 2. The largest absolute Gasteiger partial charge is 0.378 e. The van der Waals surface area contributed by atoms with Gasteiger partial charge in [-0.15, -0.1) is 0 Å². The van der Waals surface area contributed by atoms with Gasteiger partial charge in [0.1, 0.15) is 0 Å². The molecule has 2 saturated heterocycles. The fourth-order valence-corrected chi connectivity index (χ4v) is 4.62. The zero-order chi connectivity index (χ0) is 22.0. The van der Waals surface area contributed by atoms with Crippen LogP contribution in [0.2, 0.25) is 10.0 Å². The summed E-state index contributed by atoms with van der Waals surface area (Å²) in [6.45, 7) is 2.24. The fraction of sp³-hybridized carbons (Fsp3) is 0.227. The van der Waals surface area contributed by atoms with Gasteiger partial charge < -0.3 is 9.64 Å². The van der Waals surface area contributed by atoms with Crippen LogP contribution in [0.5, 0.6) is 0 Å². The van der Waals surface area contributed by atoms with E-state index in [1.807, 2.05) is 0 Å². The van der Waals surface area contributed by atoms with E-state index in [0.717, 1.165) is 0 Å². The summed E-state index contributed by atoms with van der Waals surface area (Å²) in [6.07, 6.45) is 1.73. The van der Waals surface area contributed by atoms with Gasteiger partial charge in [-0.1, -0.05) is 35.3 Å². The van der Waals surface area contributed by atoms with E-state index in [9.17, 15) is 9.59 Å². The predicted octanol–water partition coefficient (Wildman–Crippen LogP) is 4.70. The lowest BCUT2D eigenvalue weighted by atomic mass is 10.1. The Morgan fingerprint density at radius 1 is 1.16 bits per heavy atom. The third kappa shape index (κ3) is 4.96. The van der Waals surface area contributed by atoms with Crippen LogP contribution in [0.1, 0.15) is 15.9 Å². The highest BCUT2D eigenvalue weighted by molar-refractivity contribution is 8.18. The van der Waals surface area contributed by atoms with Gasteiger partial charge in [-0.2, -0.15) is 0 Å². The minimum atomic E-state index is -0.171. The summed E-state index contributed by atoms with van der Waals surface area (Å²) in [7, 11) is 1.67. The summed E-state index contributed by atoms with van der Waals surface area (Å²) in [6, 6.07) is 12.2. The van der Waals surface area contributed by atoms with Crippen molar-refractivity contribution in [3.8, 4) is 0 Å². The van der Waals surface area contributed by atoms with Crippen LogP contribution in [0.3, 0.4) is 0 Å². The number of likely N-dealkylation sites (N-methyl/N-ethyl adjacent to an activating group) is 1. The molecule has 0 spiro atoms. The molecule has 2 amide bonds. The second-order valence-corrected chi connectivity index (χ2v) is 8.84. The molecule has 4 rings (SSSR count). The number of ether oxygens (including phenoxy) is 1. The third-order valence-electron chi connectivity index (χ3n) is 4.87. The van der Waals surface area contributed by atoms with E-state index >= 15 is 0 Å². The normalized spacial score (nSPS) is 19.5. The monoisotopic (exact) mass is 475 g/mol. The molecule has 2 fully saturated rings. The molecule has 2 aromatic rings. The number of nitrogens with zero attached hydrogens (tertiary/aromatic N) is 3. The second kappa shape index (κ2) is 9.44. The molecule has 0 aliphatic carbocycles. The fourth-order valence-electron chi connectivity index (χ4n) is 3.18. The average molecular weight is 476 g/mol. The Hall–Kier alpha value is -2.32. The highest BCUT2D eigenvalue weighted by Gasteiger charge is 2.30. The number of morpholine rings is 1. The van der Waals surface area contributed by atoms with Crippen molar-refractivity contribution in [2.24, 2.45) is 4.99 Å². The van der Waals surface area contributed by atoms with Crippen molar-refractivity contribution in [1.29, 1.82) is 0 Å². The highest BCUT2D eigenvalue weighted by Crippen LogP contribution is 2.34. The first-order chi connectivity index (χ1) is 14.9. The van der Waals surface area contributed by atoms with E-state index in [2.05, 4.69) is 4.99 Å². The van der Waals surface area contributed by atoms with Gasteiger partial charge in [0.05, 0.1) is 23.8 Å². The van der Waals surface area contributed by atoms with Crippen molar-refractivity contribution in [3.63, 3.8) is 0 Å². The van der Waals surface area contributed by atoms with Gasteiger partial charge in [0.25, 0.3) is 11.8 Å². The topological polar surface area (TPSA) is 62.2 Å². The van der Waals surface area contributed by atoms with Crippen LogP contribution in [0.4, 0.5) is 5.69 Å². The second-order valence-electron chi connectivity index (χ2n) is 6.99. The van der Waals surface area contributed by atoms with E-state index in [1.54, 1.807) is 60.5 Å². The van der Waals surface area contributed by atoms with Gasteiger partial charge in [-0.05, 0) is 53.7 Å². The quantitative estimate of drug-likeness (QED) is 0.603. The van der Waals surface area contributed by atoms with E-state index in [-0.39, 0.29) is 11.8 Å². The van der Waals surface area contributed by atoms with Crippen LogP contribution >= 0.6 is 35.0 Å². The molecule has 0 bridgehead atoms. The Morgan fingerprint density at radius 3 is 2.68 bits per heavy atom. The lowest BCUT2D eigenvalue weighted by Crippen LogP contribution is -2.40. The van der Waals surface area contributed by atoms with Crippen LogP contribution in [-0.4, -0.2) is 60.1 Å². The molecular formula is C22H19Cl2N3O3S. The summed E-state index contributed by atoms with van der Waals surface area (Å²) in [5, 5.41) is 1.52. The summed E-state index contributed by atoms with van der Waals surface area (Å²) >= 11 is 13.4. The number of amidine groups is 1. The van der Waals surface area contributed by atoms with Crippen molar-refractivity contribution >= 4 is 63.7 Å². The molecule has 0 N–H and O–H groups in total. The zero-order valence-corrected chi connectivity index (χ0v) is 19.0. The van der Waals surface area contributed by atoms with Gasteiger partial charge >= 0.3 is 0 Å². The number of hydrogen-bond donors (Lipinski definition) is 0. The van der Waals surface area contributed by atoms with E-state index in [1.165, 1.54) is 16.7 Å². The minimum Gasteiger partial charge on any atom is -0.378 e. The van der Waals surface area contributed by atoms with E-state index in [0.29, 0.717) is 63.2 Å². The molecule has 2 heterocycles. The maximum absolute atomic E-state index is 12.7. The van der Waals surface area contributed by atoms with Crippen LogP contribution in [-0.2, 0) is 9.53 Å². The van der Waals surface area contributed by atoms with Gasteiger partial charge in [-0.25, -0.2) is 4.99 Å². The van der Waals surface area contributed by atoms with Gasteiger partial charge in [0, 0.05) is 35.7 Å². The number of aliphatic imine (C=N–C) groups is 1. The molecule has 0 aromatic heterocycles. The lowest BCUT2D eigenvalue weighted by molar-refractivity contribution is -0.121. The highest BCUT2D eigenvalue weighted by atomic mass is 35.5. The lowest BCUT2D eigenvalue weighted by Gasteiger charge is -2.26. The minimum absolute atomic E-state index is 0.0492. The molecular weight excluding hydrogens is 457 g/mol. The summed E-state index contributed by atoms with van der Waals surface area (Å²) in [5.74, 6) is -0.220. The third-order valence-corrected chi connectivity index (χ3v) is 6.49. The first kappa shape index (κ1) is 21.9. The van der Waals surface area contributed by atoms with Crippen LogP contribution in [0.15, 0.2) is 52.4 Å². The van der Waals surface area contributed by atoms with Crippen molar-refractivity contribution in [3.05, 3.63) is 68.5 Å². The molecule has 0 saturated carbocycles. The summed E-state index contributed by atoms with van der Waals surface area (Å²) < 4.78 is 5.31. The Balaban J connectivity index is 1.57. The van der Waals surface area contributed by atoms with E-state index in [4.69, 9.17) is 27.9 Å². The molecule has 31 heavy (non-hydrogen) atoms. The van der Waals surface area contributed by atoms with Gasteiger partial charge in [0.15, 0.2) is 5.17 Å². The first-order valence-electron chi connectivity index (χ1n) is 9.61. The standard InChI is InChI=1S/C22H19Cl2N3O3S/c1-26-21(29)19(12-14-5-6-16(23)13-18(14)24)31-22(26)25-17-4-2-3-15(11-17)20(28)27-7-9-30-10-8-27/h2-6,11-13H,7-10H2,1H3/b19-12+,25-22?. The number of carbonyl (C=O) groups excluding carboxylic acids is 2. The van der Waals surface area contributed by atoms with E-state index < -0.39 is 0 Å². The Bertz CT molecular complexity index is 1100. The molecule has 2 aromatic carbocycles. The molecule has 9 heteroatoms. The summed E-state index contributed by atoms with van der Waals surface area (Å²) in [5.41, 5.74) is 1.87. The van der Waals surface area contributed by atoms with Crippen molar-refractivity contribution in [1.82, 2.24) is 9.80 Å². The van der Waals surface area contributed by atoms with Gasteiger partial charge in [0.2, 0.25) is 0 Å². The predicted molar refractivity (Wildman–Crippen MR) is 125 cm³/mol. The summed E-state index contributed by atoms with van der Waals surface area (Å²) in [4.78, 5) is 33.8. The maximum atomic E-state index is 12.7. The number of amides is 2. The number of thioether (sulfide) groups is 1. The van der Waals surface area contributed by atoms with Crippen molar-refractivity contribution < 1.29 is 14.3 Å². The van der Waals surface area contributed by atoms with Gasteiger partial charge in [-0.3, -0.25) is 14.5 Å². The van der Waals surface area contributed by atoms with Crippen LogP contribution in [0, 0.1) is 0 Å². The molecule has 160 valence electrons. The first-order valence-corrected chi connectivity index (χ1v) is 11.2. The molecule has 0 unspecified atom stereocenters. The molecule has 2 aliphatic heterocycles. The smallest absolute Gasteiger partial charge is 0.266 e.